The number of oxime groups is 1. The molecule has 1 aliphatic heterocycles. The van der Waals surface area contributed by atoms with E-state index in [0.717, 1.165) is 59.1 Å². The molecular weight excluding hydrogens is 697 g/mol. The molecule has 6 rings (SSSR count). The molecule has 0 aromatic heterocycles. The molecule has 55 heavy (non-hydrogen) atoms. The Kier molecular flexibility index (Phi) is 12.9. The summed E-state index contributed by atoms with van der Waals surface area (Å²) >= 11 is 0. The molecule has 0 spiro atoms. The predicted molar refractivity (Wildman–Crippen MR) is 215 cm³/mol. The number of carbonyl (C=O) groups excluding carboxylic acids is 1. The van der Waals surface area contributed by atoms with Crippen molar-refractivity contribution in [3.05, 3.63) is 90.5 Å². The van der Waals surface area contributed by atoms with E-state index in [0.29, 0.717) is 30.8 Å². The summed E-state index contributed by atoms with van der Waals surface area (Å²) in [6.07, 6.45) is 8.63. The van der Waals surface area contributed by atoms with E-state index in [1.807, 2.05) is 57.2 Å². The molecule has 3 aliphatic rings. The van der Waals surface area contributed by atoms with Crippen LogP contribution in [0.2, 0.25) is 0 Å². The molecule has 6 unspecified atom stereocenters. The van der Waals surface area contributed by atoms with Crippen LogP contribution in [0.3, 0.4) is 0 Å². The van der Waals surface area contributed by atoms with E-state index in [2.05, 4.69) is 42.1 Å². The fourth-order valence-corrected chi connectivity index (χ4v) is 8.78. The number of hydrogen-bond acceptors (Lipinski definition) is 9. The van der Waals surface area contributed by atoms with Crippen LogP contribution in [0.15, 0.2) is 90.1 Å². The van der Waals surface area contributed by atoms with Crippen LogP contribution >= 0.6 is 0 Å². The van der Waals surface area contributed by atoms with Gasteiger partial charge in [0, 0.05) is 38.2 Å². The van der Waals surface area contributed by atoms with Crippen molar-refractivity contribution in [2.45, 2.75) is 83.5 Å². The normalized spacial score (nSPS) is 25.0. The predicted octanol–water partition coefficient (Wildman–Crippen LogP) is 9.01. The zero-order chi connectivity index (χ0) is 39.2. The molecule has 6 atom stereocenters. The summed E-state index contributed by atoms with van der Waals surface area (Å²) in [6, 6.07) is 19.6. The van der Waals surface area contributed by atoms with Crippen molar-refractivity contribution in [2.75, 3.05) is 40.6 Å². The standard InChI is InChI=1S/C45H58N2O8/c1-7-24-53-45-40(47(5)43(50)52-29-44(2,3)4)28-38(46-51-6)36-26-32(16-10-12-22-48)35(17-11-13-23-49)41(42(36)45)37-27-34(20-21-39(37)55-45)54-33-19-18-30-14-8-9-15-31(30)25-33/h7-9,14-15,18-21,25-27,32,35,40-42,48-49H,1,10-13,16-17,22-24,28-29H2,2-6H3. The Bertz CT molecular complexity index is 1870. The highest BCUT2D eigenvalue weighted by Gasteiger charge is 2.65. The second-order valence-corrected chi connectivity index (χ2v) is 16.3. The highest BCUT2D eigenvalue weighted by molar-refractivity contribution is 6.03. The minimum absolute atomic E-state index is 0.102. The second kappa shape index (κ2) is 17.6. The molecule has 3 aromatic rings. The summed E-state index contributed by atoms with van der Waals surface area (Å²) in [7, 11) is 3.28. The first-order valence-electron chi connectivity index (χ1n) is 19.7. The Morgan fingerprint density at radius 2 is 1.71 bits per heavy atom. The monoisotopic (exact) mass is 754 g/mol. The fraction of sp³-hybridized carbons (Fsp3) is 0.511. The quantitative estimate of drug-likeness (QED) is 0.0845. The summed E-state index contributed by atoms with van der Waals surface area (Å²) in [5, 5.41) is 26.5. The molecule has 1 saturated carbocycles. The summed E-state index contributed by atoms with van der Waals surface area (Å²) in [5.41, 5.74) is 2.46. The highest BCUT2D eigenvalue weighted by atomic mass is 16.7. The minimum atomic E-state index is -1.34. The average Bonchev–Trinajstić information content (AvgIpc) is 3.17. The van der Waals surface area contributed by atoms with E-state index < -0.39 is 23.8 Å². The molecule has 296 valence electrons. The molecule has 0 saturated heterocycles. The van der Waals surface area contributed by atoms with Crippen LogP contribution in [0.4, 0.5) is 4.79 Å². The van der Waals surface area contributed by atoms with Crippen LogP contribution in [-0.4, -0.2) is 79.3 Å². The van der Waals surface area contributed by atoms with Gasteiger partial charge in [0.1, 0.15) is 30.4 Å². The van der Waals surface area contributed by atoms with E-state index in [1.165, 1.54) is 0 Å². The van der Waals surface area contributed by atoms with Crippen LogP contribution in [-0.2, 0) is 14.3 Å². The van der Waals surface area contributed by atoms with Gasteiger partial charge >= 0.3 is 6.09 Å². The van der Waals surface area contributed by atoms with Crippen LogP contribution in [0.5, 0.6) is 17.2 Å². The number of aliphatic hydroxyl groups is 2. The third-order valence-corrected chi connectivity index (χ3v) is 11.2. The number of unbranched alkanes of at least 4 members (excludes halogenated alkanes) is 2. The fourth-order valence-electron chi connectivity index (χ4n) is 8.78. The van der Waals surface area contributed by atoms with Gasteiger partial charge in [-0.15, -0.1) is 6.58 Å². The van der Waals surface area contributed by atoms with E-state index in [4.69, 9.17) is 23.8 Å². The summed E-state index contributed by atoms with van der Waals surface area (Å²) in [6.45, 7) is 10.7. The van der Waals surface area contributed by atoms with Crippen molar-refractivity contribution in [3.63, 3.8) is 0 Å². The lowest BCUT2D eigenvalue weighted by atomic mass is 9.55. The minimum Gasteiger partial charge on any atom is -0.459 e. The molecule has 0 radical (unpaired) electrons. The summed E-state index contributed by atoms with van der Waals surface area (Å²) in [4.78, 5) is 21.0. The van der Waals surface area contributed by atoms with E-state index in [1.54, 1.807) is 25.1 Å². The number of allylic oxidation sites excluding steroid dienone is 1. The first-order valence-corrected chi connectivity index (χ1v) is 19.7. The van der Waals surface area contributed by atoms with Gasteiger partial charge in [0.05, 0.1) is 24.8 Å². The van der Waals surface area contributed by atoms with Crippen molar-refractivity contribution >= 4 is 22.6 Å². The Hall–Kier alpha value is -4.38. The second-order valence-electron chi connectivity index (χ2n) is 16.3. The van der Waals surface area contributed by atoms with E-state index >= 15 is 0 Å². The Labute approximate surface area is 325 Å². The van der Waals surface area contributed by atoms with Gasteiger partial charge in [-0.1, -0.05) is 81.3 Å². The molecule has 2 aliphatic carbocycles. The van der Waals surface area contributed by atoms with Gasteiger partial charge in [-0.05, 0) is 89.6 Å². The number of benzene rings is 3. The lowest BCUT2D eigenvalue weighted by Crippen LogP contribution is -2.69. The van der Waals surface area contributed by atoms with Crippen LogP contribution in [0.1, 0.15) is 77.2 Å². The zero-order valence-corrected chi connectivity index (χ0v) is 33.0. The molecule has 10 heteroatoms. The van der Waals surface area contributed by atoms with Crippen molar-refractivity contribution in [1.82, 2.24) is 4.90 Å². The smallest absolute Gasteiger partial charge is 0.410 e. The number of hydrogen-bond donors (Lipinski definition) is 2. The van der Waals surface area contributed by atoms with Gasteiger partial charge in [-0.25, -0.2) is 4.79 Å². The molecular formula is C45H58N2O8. The number of nitrogens with zero attached hydrogens (tertiary/aromatic N) is 2. The molecule has 10 nitrogen and oxygen atoms in total. The first kappa shape index (κ1) is 40.3. The van der Waals surface area contributed by atoms with Gasteiger partial charge in [-0.3, -0.25) is 0 Å². The molecule has 1 amide bonds. The molecule has 1 fully saturated rings. The molecule has 0 bridgehead atoms. The maximum atomic E-state index is 13.9. The summed E-state index contributed by atoms with van der Waals surface area (Å²) in [5.74, 6) is 0.392. The van der Waals surface area contributed by atoms with Gasteiger partial charge in [0.25, 0.3) is 0 Å². The average molecular weight is 755 g/mol. The number of carbonyl (C=O) groups is 1. The molecule has 3 aromatic carbocycles. The maximum Gasteiger partial charge on any atom is 0.410 e. The molecule has 1 heterocycles. The third kappa shape index (κ3) is 8.72. The third-order valence-electron chi connectivity index (χ3n) is 11.2. The first-order chi connectivity index (χ1) is 26.5. The van der Waals surface area contributed by atoms with Crippen LogP contribution in [0.25, 0.3) is 10.8 Å². The van der Waals surface area contributed by atoms with Crippen LogP contribution in [0, 0.1) is 23.2 Å². The number of fused-ring (bicyclic) bond motifs is 3. The Balaban J connectivity index is 1.52. The lowest BCUT2D eigenvalue weighted by molar-refractivity contribution is -0.253. The largest absolute Gasteiger partial charge is 0.459 e. The highest BCUT2D eigenvalue weighted by Crippen LogP contribution is 2.62. The van der Waals surface area contributed by atoms with Crippen molar-refractivity contribution in [1.29, 1.82) is 0 Å². The van der Waals surface area contributed by atoms with Crippen LogP contribution < -0.4 is 9.47 Å². The van der Waals surface area contributed by atoms with Gasteiger partial charge in [0.15, 0.2) is 0 Å². The van der Waals surface area contributed by atoms with Crippen molar-refractivity contribution < 1.29 is 38.8 Å². The van der Waals surface area contributed by atoms with E-state index in [9.17, 15) is 15.0 Å². The number of rotatable bonds is 16. The van der Waals surface area contributed by atoms with Crippen molar-refractivity contribution in [2.24, 2.45) is 28.3 Å². The Morgan fingerprint density at radius 3 is 2.42 bits per heavy atom. The topological polar surface area (TPSA) is 119 Å². The van der Waals surface area contributed by atoms with E-state index in [-0.39, 0.29) is 49.6 Å². The number of aliphatic hydroxyl groups excluding tert-OH is 2. The molecule has 2 N–H and O–H groups in total. The lowest BCUT2D eigenvalue weighted by Gasteiger charge is -2.59. The van der Waals surface area contributed by atoms with Gasteiger partial charge in [0.2, 0.25) is 5.79 Å². The number of likely N-dealkylation sites (N-methyl/N-ethyl adjacent to an activating group) is 1. The number of ether oxygens (including phenoxy) is 4. The van der Waals surface area contributed by atoms with Gasteiger partial charge < -0.3 is 38.9 Å². The maximum absolute atomic E-state index is 13.9. The summed E-state index contributed by atoms with van der Waals surface area (Å²) < 4.78 is 26.6. The zero-order valence-electron chi connectivity index (χ0n) is 33.0. The SMILES string of the molecule is C=CCOC12Oc3ccc(Oc4ccc5ccccc5c4)cc3C3C(CCCCO)C(CCCCO)C=C(C(=NOC)CC1N(C)C(=O)OCC(C)(C)C)C32. The Morgan fingerprint density at radius 1 is 1.00 bits per heavy atom. The van der Waals surface area contributed by atoms with Gasteiger partial charge in [-0.2, -0.15) is 0 Å². The van der Waals surface area contributed by atoms with Crippen molar-refractivity contribution in [3.8, 4) is 17.2 Å². The number of amides is 1.